The molecule has 2 rings (SSSR count). The van der Waals surface area contributed by atoms with Crippen LogP contribution in [0.4, 0.5) is 0 Å². The SMILES string of the molecule is CCC1CCC([N-]CCC[N-]C2CCC(CC)CC2)CC1.[Cl][Ti][Cl]. The van der Waals surface area contributed by atoms with Crippen molar-refractivity contribution in [2.24, 2.45) is 11.8 Å². The Labute approximate surface area is 167 Å². The second kappa shape index (κ2) is 15.3. The molecule has 0 aliphatic heterocycles. The van der Waals surface area contributed by atoms with Gasteiger partial charge in [-0.05, 0) is 11.8 Å². The van der Waals surface area contributed by atoms with Crippen LogP contribution >= 0.6 is 18.6 Å². The van der Waals surface area contributed by atoms with E-state index in [-0.39, 0.29) is 0 Å². The summed E-state index contributed by atoms with van der Waals surface area (Å²) in [5, 5.41) is 9.80. The first-order valence-corrected chi connectivity index (χ1v) is 14.3. The molecule has 24 heavy (non-hydrogen) atoms. The molecule has 0 aromatic heterocycles. The molecule has 0 atom stereocenters. The standard InChI is InChI=1S/C19H36N2.2ClH.Ti/c1-3-16-6-10-18(11-7-16)20-14-5-15-21-19-12-8-17(4-2)9-13-19;;;/h16-19H,3-15H2,1-2H3;2*1H;/q-2;;;+2/p-2. The van der Waals surface area contributed by atoms with Crippen LogP contribution in [0.1, 0.15) is 84.5 Å². The van der Waals surface area contributed by atoms with E-state index in [1.54, 1.807) is 0 Å². The van der Waals surface area contributed by atoms with Crippen LogP contribution in [0.25, 0.3) is 10.6 Å². The topological polar surface area (TPSA) is 28.2 Å². The van der Waals surface area contributed by atoms with Gasteiger partial charge in [0.05, 0.1) is 0 Å². The van der Waals surface area contributed by atoms with E-state index in [1.165, 1.54) is 70.6 Å². The van der Waals surface area contributed by atoms with Crippen LogP contribution < -0.4 is 0 Å². The van der Waals surface area contributed by atoms with Gasteiger partial charge in [-0.15, -0.1) is 12.1 Å². The Balaban J connectivity index is 0.000000891. The van der Waals surface area contributed by atoms with Crippen molar-refractivity contribution in [1.29, 1.82) is 0 Å². The minimum absolute atomic E-state index is 0.556. The fourth-order valence-corrected chi connectivity index (χ4v) is 4.09. The average Bonchev–Trinajstić information content (AvgIpc) is 2.63. The fourth-order valence-electron chi connectivity index (χ4n) is 4.09. The summed E-state index contributed by atoms with van der Waals surface area (Å²) in [6.07, 6.45) is 14.9. The third-order valence-corrected chi connectivity index (χ3v) is 5.88. The first-order valence-electron chi connectivity index (χ1n) is 10.0. The van der Waals surface area contributed by atoms with Crippen molar-refractivity contribution in [3.8, 4) is 0 Å². The molecular weight excluding hydrogens is 375 g/mol. The molecule has 0 unspecified atom stereocenters. The van der Waals surface area contributed by atoms with Gasteiger partial charge in [0, 0.05) is 0 Å². The third kappa shape index (κ3) is 10.4. The molecule has 2 nitrogen and oxygen atoms in total. The van der Waals surface area contributed by atoms with Crippen LogP contribution in [-0.2, 0) is 17.0 Å². The number of hydrogen-bond donors (Lipinski definition) is 0. The van der Waals surface area contributed by atoms with Crippen molar-refractivity contribution in [3.05, 3.63) is 10.6 Å². The monoisotopic (exact) mass is 410 g/mol. The van der Waals surface area contributed by atoms with Crippen molar-refractivity contribution in [3.63, 3.8) is 0 Å². The Hall–Kier alpha value is 1.21. The van der Waals surface area contributed by atoms with Crippen LogP contribution in [0.15, 0.2) is 0 Å². The molecule has 0 amide bonds. The summed E-state index contributed by atoms with van der Waals surface area (Å²) in [6.45, 7) is 6.76. The first kappa shape index (κ1) is 23.3. The summed E-state index contributed by atoms with van der Waals surface area (Å²) >= 11 is -0.556. The van der Waals surface area contributed by atoms with Gasteiger partial charge < -0.3 is 10.6 Å². The third-order valence-electron chi connectivity index (χ3n) is 5.88. The van der Waals surface area contributed by atoms with Gasteiger partial charge in [-0.25, -0.2) is 0 Å². The van der Waals surface area contributed by atoms with Crippen LogP contribution in [0, 0.1) is 11.8 Å². The van der Waals surface area contributed by atoms with Gasteiger partial charge >= 0.3 is 35.6 Å². The van der Waals surface area contributed by atoms with Crippen molar-refractivity contribution in [2.45, 2.75) is 96.6 Å². The first-order chi connectivity index (χ1) is 11.7. The molecule has 0 bridgehead atoms. The number of halogens is 2. The second-order valence-corrected chi connectivity index (χ2v) is 9.98. The molecular formula is C19H36Cl2N2Ti-2. The molecule has 2 aliphatic rings. The van der Waals surface area contributed by atoms with Crippen molar-refractivity contribution in [2.75, 3.05) is 13.1 Å². The molecule has 5 heteroatoms. The Kier molecular flexibility index (Phi) is 14.8. The summed E-state index contributed by atoms with van der Waals surface area (Å²) < 4.78 is 0. The van der Waals surface area contributed by atoms with Gasteiger partial charge in [0.1, 0.15) is 0 Å². The number of rotatable bonds is 8. The minimum atomic E-state index is -0.556. The summed E-state index contributed by atoms with van der Waals surface area (Å²) in [5.41, 5.74) is 0. The molecule has 0 N–H and O–H groups in total. The van der Waals surface area contributed by atoms with Crippen LogP contribution in [0.5, 0.6) is 0 Å². The normalized spacial score (nSPS) is 30.3. The quantitative estimate of drug-likeness (QED) is 0.293. The molecule has 0 aromatic carbocycles. The summed E-state index contributed by atoms with van der Waals surface area (Å²) in [7, 11) is 9.78. The van der Waals surface area contributed by atoms with E-state index < -0.39 is 17.0 Å². The van der Waals surface area contributed by atoms with Gasteiger partial charge in [-0.2, -0.15) is 13.1 Å². The summed E-state index contributed by atoms with van der Waals surface area (Å²) in [5.74, 6) is 1.98. The molecule has 0 saturated heterocycles. The Morgan fingerprint density at radius 1 is 0.708 bits per heavy atom. The van der Waals surface area contributed by atoms with Crippen molar-refractivity contribution in [1.82, 2.24) is 0 Å². The summed E-state index contributed by atoms with van der Waals surface area (Å²) in [6, 6.07) is 1.35. The van der Waals surface area contributed by atoms with E-state index >= 15 is 0 Å². The van der Waals surface area contributed by atoms with E-state index in [2.05, 4.69) is 13.8 Å². The molecule has 0 spiro atoms. The van der Waals surface area contributed by atoms with E-state index in [4.69, 9.17) is 29.2 Å². The van der Waals surface area contributed by atoms with E-state index in [9.17, 15) is 0 Å². The fraction of sp³-hybridized carbons (Fsp3) is 1.00. The second-order valence-electron chi connectivity index (χ2n) is 7.40. The van der Waals surface area contributed by atoms with Gasteiger partial charge in [0.2, 0.25) is 0 Å². The molecule has 2 aliphatic carbocycles. The van der Waals surface area contributed by atoms with Gasteiger partial charge in [-0.3, -0.25) is 0 Å². The van der Waals surface area contributed by atoms with E-state index in [0.29, 0.717) is 12.1 Å². The molecule has 2 fully saturated rings. The zero-order valence-electron chi connectivity index (χ0n) is 15.7. The van der Waals surface area contributed by atoms with Crippen LogP contribution in [0.2, 0.25) is 0 Å². The Morgan fingerprint density at radius 3 is 1.33 bits per heavy atom. The predicted octanol–water partition coefficient (Wildman–Crippen LogP) is 7.44. The Bertz CT molecular complexity index is 253. The molecule has 2 saturated carbocycles. The van der Waals surface area contributed by atoms with Crippen LogP contribution in [0.3, 0.4) is 0 Å². The van der Waals surface area contributed by atoms with Gasteiger partial charge in [0.15, 0.2) is 0 Å². The van der Waals surface area contributed by atoms with E-state index in [1.807, 2.05) is 0 Å². The molecule has 0 radical (unpaired) electrons. The van der Waals surface area contributed by atoms with Gasteiger partial charge in [-0.1, -0.05) is 84.5 Å². The zero-order chi connectivity index (χ0) is 17.6. The Morgan fingerprint density at radius 2 is 1.04 bits per heavy atom. The molecule has 0 aromatic rings. The molecule has 142 valence electrons. The summed E-state index contributed by atoms with van der Waals surface area (Å²) in [4.78, 5) is 0. The van der Waals surface area contributed by atoms with E-state index in [0.717, 1.165) is 24.9 Å². The number of hydrogen-bond acceptors (Lipinski definition) is 0. The predicted molar refractivity (Wildman–Crippen MR) is 105 cm³/mol. The van der Waals surface area contributed by atoms with Crippen LogP contribution in [-0.4, -0.2) is 25.2 Å². The maximum atomic E-state index is 4.90. The molecule has 0 heterocycles. The number of nitrogens with zero attached hydrogens (tertiary/aromatic N) is 2. The van der Waals surface area contributed by atoms with Crippen molar-refractivity contribution < 1.29 is 17.0 Å². The van der Waals surface area contributed by atoms with Gasteiger partial charge in [0.25, 0.3) is 0 Å². The average molecular weight is 411 g/mol. The zero-order valence-corrected chi connectivity index (χ0v) is 18.7. The maximum absolute atomic E-state index is 4.90. The van der Waals surface area contributed by atoms with Crippen molar-refractivity contribution >= 4 is 18.6 Å².